The van der Waals surface area contributed by atoms with Crippen LogP contribution in [0, 0.1) is 0 Å². The van der Waals surface area contributed by atoms with Gasteiger partial charge in [-0.25, -0.2) is 0 Å². The van der Waals surface area contributed by atoms with Crippen molar-refractivity contribution < 1.29 is 4.42 Å². The summed E-state index contributed by atoms with van der Waals surface area (Å²) in [5, 5.41) is 4.95. The third-order valence-corrected chi connectivity index (χ3v) is 18.0. The van der Waals surface area contributed by atoms with Gasteiger partial charge in [0.1, 0.15) is 5.58 Å². The van der Waals surface area contributed by atoms with E-state index in [0.717, 1.165) is 34.0 Å². The highest BCUT2D eigenvalue weighted by Crippen LogP contribution is 2.62. The maximum Gasteiger partial charge on any atom is 0.252 e. The zero-order valence-corrected chi connectivity index (χ0v) is 40.1. The number of thiophene rings is 1. The fourth-order valence-corrected chi connectivity index (χ4v) is 14.5. The van der Waals surface area contributed by atoms with Crippen LogP contribution in [0.1, 0.15) is 97.8 Å². The molecule has 1 fully saturated rings. The molecule has 10 aromatic rings. The van der Waals surface area contributed by atoms with Gasteiger partial charge >= 0.3 is 0 Å². The highest BCUT2D eigenvalue weighted by atomic mass is 32.1. The van der Waals surface area contributed by atoms with Gasteiger partial charge < -0.3 is 18.8 Å². The second kappa shape index (κ2) is 12.8. The van der Waals surface area contributed by atoms with E-state index in [1.807, 2.05) is 11.3 Å². The minimum Gasteiger partial charge on any atom is -0.454 e. The average Bonchev–Trinajstić information content (AvgIpc) is 4.02. The van der Waals surface area contributed by atoms with Crippen LogP contribution < -0.4 is 26.2 Å². The quantitative estimate of drug-likeness (QED) is 0.162. The Hall–Kier alpha value is -6.24. The molecule has 0 saturated heterocycles. The summed E-state index contributed by atoms with van der Waals surface area (Å²) in [4.78, 5) is 5.42. The van der Waals surface area contributed by atoms with Crippen LogP contribution >= 0.6 is 11.3 Å². The van der Waals surface area contributed by atoms with Gasteiger partial charge in [-0.3, -0.25) is 0 Å². The largest absolute Gasteiger partial charge is 0.454 e. The summed E-state index contributed by atoms with van der Waals surface area (Å²) in [6.07, 6.45) is 4.78. The summed E-state index contributed by atoms with van der Waals surface area (Å²) in [7, 11) is 0. The number of hydrogen-bond donors (Lipinski definition) is 0. The number of benzene rings is 7. The lowest BCUT2D eigenvalue weighted by molar-refractivity contribution is 0.195. The predicted molar refractivity (Wildman–Crippen MR) is 283 cm³/mol. The molecule has 0 radical (unpaired) electrons. The molecule has 1 saturated carbocycles. The Morgan fingerprint density at radius 2 is 1.27 bits per heavy atom. The first-order valence-corrected chi connectivity index (χ1v) is 25.0. The second-order valence-electron chi connectivity index (χ2n) is 22.4. The number of hydrogen-bond acceptors (Lipinski definition) is 4. The molecule has 1 aliphatic carbocycles. The van der Waals surface area contributed by atoms with Crippen LogP contribution in [-0.2, 0) is 16.2 Å². The monoisotopic (exact) mass is 875 g/mol. The van der Waals surface area contributed by atoms with E-state index >= 15 is 0 Å². The molecular formula is C60H54BN3OS. The molecule has 0 bridgehead atoms. The third-order valence-electron chi connectivity index (χ3n) is 16.8. The summed E-state index contributed by atoms with van der Waals surface area (Å²) in [6.45, 7) is 19.3. The second-order valence-corrected chi connectivity index (χ2v) is 23.5. The molecular weight excluding hydrogens is 822 g/mol. The Labute approximate surface area is 391 Å². The minimum atomic E-state index is -0.136. The number of nitrogens with zero attached hydrogens (tertiary/aromatic N) is 3. The topological polar surface area (TPSA) is 24.6 Å². The first-order chi connectivity index (χ1) is 31.7. The summed E-state index contributed by atoms with van der Waals surface area (Å²) in [6, 6.07) is 51.5. The first kappa shape index (κ1) is 39.0. The van der Waals surface area contributed by atoms with E-state index in [2.05, 4.69) is 203 Å². The van der Waals surface area contributed by atoms with Gasteiger partial charge in [0.2, 0.25) is 0 Å². The maximum absolute atomic E-state index is 7.01. The van der Waals surface area contributed by atoms with Crippen molar-refractivity contribution >= 4 is 116 Å². The lowest BCUT2D eigenvalue weighted by Gasteiger charge is -2.51. The molecule has 4 aliphatic rings. The van der Waals surface area contributed by atoms with Crippen molar-refractivity contribution in [2.45, 2.75) is 103 Å². The Bertz CT molecular complexity index is 3760. The van der Waals surface area contributed by atoms with E-state index in [1.165, 1.54) is 112 Å². The third kappa shape index (κ3) is 4.86. The molecule has 0 amide bonds. The zero-order valence-electron chi connectivity index (χ0n) is 39.3. The van der Waals surface area contributed by atoms with Crippen molar-refractivity contribution in [2.75, 3.05) is 9.80 Å². The van der Waals surface area contributed by atoms with E-state index in [9.17, 15) is 0 Å². The molecule has 324 valence electrons. The van der Waals surface area contributed by atoms with Crippen LogP contribution in [0.4, 0.5) is 28.4 Å². The number of rotatable bonds is 2. The lowest BCUT2D eigenvalue weighted by atomic mass is 9.33. The highest BCUT2D eigenvalue weighted by molar-refractivity contribution is 7.26. The van der Waals surface area contributed by atoms with Crippen molar-refractivity contribution in [1.29, 1.82) is 0 Å². The molecule has 2 atom stereocenters. The molecule has 3 aliphatic heterocycles. The van der Waals surface area contributed by atoms with Crippen LogP contribution in [0.3, 0.4) is 0 Å². The molecule has 3 aromatic heterocycles. The molecule has 66 heavy (non-hydrogen) atoms. The van der Waals surface area contributed by atoms with Crippen molar-refractivity contribution in [3.8, 4) is 5.69 Å². The standard InChI is InChI=1S/C60H54BN3OS/c1-57(2,3)35-26-28-45-42(31-35)59(7)29-13-14-30-60(59,8)64(45)37-33-48-52-49(34-37)63-53-41(56-54(63)40-18-10-12-24-51(40)66-56)20-15-21-44(53)61(52)43-27-25-36(58(4,5)6)32-47(43)62(48)46-22-16-19-39-38-17-9-11-23-50(38)65-55(39)46/h9-12,15-28,31-34H,13-14,29-30H2,1-8H3. The molecule has 14 rings (SSSR count). The summed E-state index contributed by atoms with van der Waals surface area (Å²) < 4.78 is 12.4. The van der Waals surface area contributed by atoms with Crippen molar-refractivity contribution in [1.82, 2.24) is 4.57 Å². The Balaban J connectivity index is 1.16. The van der Waals surface area contributed by atoms with Gasteiger partial charge in [-0.1, -0.05) is 152 Å². The van der Waals surface area contributed by atoms with E-state index < -0.39 is 0 Å². The molecule has 0 spiro atoms. The van der Waals surface area contributed by atoms with Gasteiger partial charge in [0.25, 0.3) is 6.71 Å². The molecule has 7 aromatic carbocycles. The van der Waals surface area contributed by atoms with Crippen LogP contribution in [-0.4, -0.2) is 16.8 Å². The number of furan rings is 1. The van der Waals surface area contributed by atoms with Gasteiger partial charge in [-0.15, -0.1) is 11.3 Å². The summed E-state index contributed by atoms with van der Waals surface area (Å²) >= 11 is 1.94. The van der Waals surface area contributed by atoms with E-state index in [0.29, 0.717) is 0 Å². The van der Waals surface area contributed by atoms with E-state index in [4.69, 9.17) is 4.42 Å². The average molecular weight is 876 g/mol. The maximum atomic E-state index is 7.01. The molecule has 0 N–H and O–H groups in total. The fraction of sp³-hybridized carbons (Fsp3) is 0.267. The number of anilines is 5. The normalized spacial score (nSPS) is 19.9. The fourth-order valence-electron chi connectivity index (χ4n) is 13.2. The number of para-hydroxylation sites is 3. The van der Waals surface area contributed by atoms with Crippen LogP contribution in [0.5, 0.6) is 0 Å². The van der Waals surface area contributed by atoms with Crippen molar-refractivity contribution in [3.05, 3.63) is 150 Å². The smallest absolute Gasteiger partial charge is 0.252 e. The van der Waals surface area contributed by atoms with Crippen molar-refractivity contribution in [2.24, 2.45) is 0 Å². The lowest BCUT2D eigenvalue weighted by Crippen LogP contribution is -2.60. The van der Waals surface area contributed by atoms with Crippen LogP contribution in [0.2, 0.25) is 0 Å². The molecule has 6 heterocycles. The van der Waals surface area contributed by atoms with Crippen molar-refractivity contribution in [3.63, 3.8) is 0 Å². The van der Waals surface area contributed by atoms with Gasteiger partial charge in [-0.2, -0.15) is 0 Å². The van der Waals surface area contributed by atoms with Gasteiger partial charge in [0, 0.05) is 60.1 Å². The summed E-state index contributed by atoms with van der Waals surface area (Å²) in [5.74, 6) is 0. The Kier molecular flexibility index (Phi) is 7.56. The van der Waals surface area contributed by atoms with Gasteiger partial charge in [0.05, 0.1) is 27.0 Å². The van der Waals surface area contributed by atoms with E-state index in [-0.39, 0.29) is 28.5 Å². The minimum absolute atomic E-state index is 0.0184. The Morgan fingerprint density at radius 1 is 0.576 bits per heavy atom. The summed E-state index contributed by atoms with van der Waals surface area (Å²) in [5.41, 5.74) is 20.1. The van der Waals surface area contributed by atoms with Gasteiger partial charge in [-0.05, 0) is 106 Å². The Morgan fingerprint density at radius 3 is 2.11 bits per heavy atom. The van der Waals surface area contributed by atoms with Crippen LogP contribution in [0.25, 0.3) is 58.8 Å². The number of aromatic nitrogens is 1. The molecule has 4 nitrogen and oxygen atoms in total. The SMILES string of the molecule is CC(C)(C)c1ccc2c(c1)N(c1cccc3c1oc1ccccc13)c1cc(N3c4ccc(C(C)(C)C)cc4C4(C)CCCCC34C)cc3c1B2c1cccc2c4sc5ccccc5c4n-3c12. The predicted octanol–water partition coefficient (Wildman–Crippen LogP) is 14.8. The highest BCUT2D eigenvalue weighted by Gasteiger charge is 2.58. The first-order valence-electron chi connectivity index (χ1n) is 24.2. The zero-order chi connectivity index (χ0) is 44.8. The number of fused-ring (bicyclic) bond motifs is 15. The van der Waals surface area contributed by atoms with E-state index in [1.54, 1.807) is 0 Å². The molecule has 6 heteroatoms. The molecule has 2 unspecified atom stereocenters. The van der Waals surface area contributed by atoms with Gasteiger partial charge in [0.15, 0.2) is 5.58 Å². The van der Waals surface area contributed by atoms with Crippen LogP contribution in [0.15, 0.2) is 138 Å².